The molecule has 1 saturated heterocycles. The Morgan fingerprint density at radius 1 is 0.818 bits per heavy atom. The summed E-state index contributed by atoms with van der Waals surface area (Å²) in [4.78, 5) is 64.6. The van der Waals surface area contributed by atoms with E-state index in [9.17, 15) is 24.0 Å². The van der Waals surface area contributed by atoms with Gasteiger partial charge in [0, 0.05) is 37.9 Å². The van der Waals surface area contributed by atoms with Crippen LogP contribution in [0.4, 0.5) is 11.4 Å². The molecule has 0 aromatic heterocycles. The Morgan fingerprint density at radius 3 is 2.09 bits per heavy atom. The van der Waals surface area contributed by atoms with Crippen molar-refractivity contribution >= 4 is 40.8 Å². The van der Waals surface area contributed by atoms with Crippen LogP contribution in [0.2, 0.25) is 0 Å². The van der Waals surface area contributed by atoms with Gasteiger partial charge in [-0.15, -0.1) is 0 Å². The zero-order valence-corrected chi connectivity index (χ0v) is 24.6. The molecule has 13 nitrogen and oxygen atoms in total. The second kappa shape index (κ2) is 11.7. The molecule has 3 heterocycles. The van der Waals surface area contributed by atoms with Crippen LogP contribution in [-0.4, -0.2) is 80.9 Å². The number of methoxy groups -OCH3 is 2. The van der Waals surface area contributed by atoms with E-state index >= 15 is 0 Å². The summed E-state index contributed by atoms with van der Waals surface area (Å²) in [5.41, 5.74) is 1.17. The number of hydrogen-bond acceptors (Lipinski definition) is 9. The number of anilines is 2. The topological polar surface area (TPSA) is 162 Å². The normalized spacial score (nSPS) is 20.4. The summed E-state index contributed by atoms with van der Waals surface area (Å²) in [6.07, 6.45) is 3.53. The number of rotatable bonds is 8. The third-order valence-electron chi connectivity index (χ3n) is 8.59. The second-order valence-corrected chi connectivity index (χ2v) is 11.6. The van der Waals surface area contributed by atoms with Crippen molar-refractivity contribution in [3.05, 3.63) is 35.4 Å². The van der Waals surface area contributed by atoms with Gasteiger partial charge in [0.15, 0.2) is 28.8 Å². The highest BCUT2D eigenvalue weighted by atomic mass is 16.5. The molecule has 1 aliphatic carbocycles. The van der Waals surface area contributed by atoms with E-state index in [1.165, 1.54) is 31.3 Å². The number of ether oxygens (including phenoxy) is 4. The van der Waals surface area contributed by atoms with E-state index in [-0.39, 0.29) is 60.4 Å². The minimum Gasteiger partial charge on any atom is -0.493 e. The lowest BCUT2D eigenvalue weighted by molar-refractivity contribution is -0.121. The van der Waals surface area contributed by atoms with Gasteiger partial charge >= 0.3 is 0 Å². The fourth-order valence-corrected chi connectivity index (χ4v) is 5.81. The van der Waals surface area contributed by atoms with Crippen LogP contribution >= 0.6 is 0 Å². The summed E-state index contributed by atoms with van der Waals surface area (Å²) >= 11 is 0. The maximum atomic E-state index is 13.1. The number of ketones is 1. The van der Waals surface area contributed by atoms with Crippen LogP contribution in [0.15, 0.2) is 24.3 Å². The molecule has 2 aromatic carbocycles. The van der Waals surface area contributed by atoms with Crippen LogP contribution in [-0.2, 0) is 14.4 Å². The van der Waals surface area contributed by atoms with Gasteiger partial charge < -0.3 is 39.8 Å². The van der Waals surface area contributed by atoms with Crippen molar-refractivity contribution in [3.63, 3.8) is 0 Å². The number of benzene rings is 2. The molecule has 3 aliphatic heterocycles. The van der Waals surface area contributed by atoms with Crippen LogP contribution in [0.25, 0.3) is 0 Å². The van der Waals surface area contributed by atoms with Crippen LogP contribution in [0, 0.1) is 5.41 Å². The first kappa shape index (κ1) is 29.3. The lowest BCUT2D eigenvalue weighted by atomic mass is 9.98. The Morgan fingerprint density at radius 2 is 1.45 bits per heavy atom. The van der Waals surface area contributed by atoms with Gasteiger partial charge in [0.2, 0.25) is 11.8 Å². The highest BCUT2D eigenvalue weighted by molar-refractivity contribution is 6.14. The average molecular weight is 607 g/mol. The third-order valence-corrected chi connectivity index (χ3v) is 8.59. The molecule has 0 bridgehead atoms. The number of fused-ring (bicyclic) bond motifs is 3. The van der Waals surface area contributed by atoms with Gasteiger partial charge in [-0.25, -0.2) is 0 Å². The molecule has 2 aromatic rings. The standard InChI is InChI=1S/C31H34N4O9/c1-41-23-11-18-20(33-27(37)4-5-31(6-7-31)16-32-28(18)38)13-25(23)43-8-3-9-44-26-14-21-19(12-24(26)42-2)30(40)35-15-17(36)10-22(35)29(39)34-21/h11-14,22H,3-10,15-16H2,1-2H3,(H,32,38)(H,33,37)(H,34,39)/t22-/m0/s1. The number of amides is 4. The van der Waals surface area contributed by atoms with Gasteiger partial charge in [0.05, 0.1) is 56.5 Å². The maximum absolute atomic E-state index is 13.1. The Labute approximate surface area is 253 Å². The molecule has 4 aliphatic rings. The van der Waals surface area contributed by atoms with Crippen molar-refractivity contribution in [2.75, 3.05) is 51.2 Å². The maximum Gasteiger partial charge on any atom is 0.257 e. The third kappa shape index (κ3) is 5.73. The Balaban J connectivity index is 1.11. The number of hydrogen-bond donors (Lipinski definition) is 3. The number of Topliss-reactive ketones (excluding diaryl/α,β-unsaturated/α-hetero) is 1. The van der Waals surface area contributed by atoms with E-state index in [1.807, 2.05) is 0 Å². The summed E-state index contributed by atoms with van der Waals surface area (Å²) in [6.45, 7) is 0.850. The number of carbonyl (C=O) groups is 5. The molecule has 6 rings (SSSR count). The summed E-state index contributed by atoms with van der Waals surface area (Å²) in [6, 6.07) is 5.35. The number of carbonyl (C=O) groups excluding carboxylic acids is 5. The summed E-state index contributed by atoms with van der Waals surface area (Å²) in [5.74, 6) is -0.124. The molecular formula is C31H34N4O9. The molecule has 13 heteroatoms. The monoisotopic (exact) mass is 606 g/mol. The van der Waals surface area contributed by atoms with E-state index in [2.05, 4.69) is 16.0 Å². The quantitative estimate of drug-likeness (QED) is 0.384. The van der Waals surface area contributed by atoms with Crippen molar-refractivity contribution < 1.29 is 42.9 Å². The van der Waals surface area contributed by atoms with Crippen LogP contribution in [0.5, 0.6) is 23.0 Å². The van der Waals surface area contributed by atoms with Crippen molar-refractivity contribution in [3.8, 4) is 23.0 Å². The fourth-order valence-electron chi connectivity index (χ4n) is 5.81. The minimum atomic E-state index is -0.837. The van der Waals surface area contributed by atoms with E-state index in [0.29, 0.717) is 53.6 Å². The van der Waals surface area contributed by atoms with Crippen molar-refractivity contribution in [2.24, 2.45) is 5.41 Å². The molecule has 0 radical (unpaired) electrons. The zero-order valence-electron chi connectivity index (χ0n) is 24.6. The average Bonchev–Trinajstić information content (AvgIpc) is 3.70. The molecule has 3 N–H and O–H groups in total. The smallest absolute Gasteiger partial charge is 0.257 e. The van der Waals surface area contributed by atoms with E-state index in [0.717, 1.165) is 19.3 Å². The second-order valence-electron chi connectivity index (χ2n) is 11.6. The van der Waals surface area contributed by atoms with Crippen LogP contribution in [0.1, 0.15) is 59.2 Å². The highest BCUT2D eigenvalue weighted by Gasteiger charge is 2.44. The van der Waals surface area contributed by atoms with Gasteiger partial charge in [-0.05, 0) is 36.8 Å². The molecule has 44 heavy (non-hydrogen) atoms. The molecule has 1 saturated carbocycles. The van der Waals surface area contributed by atoms with Gasteiger partial charge in [0.1, 0.15) is 6.04 Å². The highest BCUT2D eigenvalue weighted by Crippen LogP contribution is 2.49. The first-order valence-corrected chi connectivity index (χ1v) is 14.6. The van der Waals surface area contributed by atoms with E-state index in [4.69, 9.17) is 18.9 Å². The lowest BCUT2D eigenvalue weighted by Gasteiger charge is -2.21. The van der Waals surface area contributed by atoms with Crippen LogP contribution in [0.3, 0.4) is 0 Å². The summed E-state index contributed by atoms with van der Waals surface area (Å²) < 4.78 is 22.8. The minimum absolute atomic E-state index is 0.0126. The summed E-state index contributed by atoms with van der Waals surface area (Å²) in [5, 5.41) is 8.60. The largest absolute Gasteiger partial charge is 0.493 e. The SMILES string of the molecule is COc1cc2c(cc1OCCCOc1cc3c(cc1OC)C(=O)N1CC(=O)C[C@H]1C(=O)N3)NC(=O)CCC1(CC1)CNC2=O. The van der Waals surface area contributed by atoms with Crippen molar-refractivity contribution in [1.82, 2.24) is 10.2 Å². The Bertz CT molecular complexity index is 1550. The van der Waals surface area contributed by atoms with Gasteiger partial charge in [0.25, 0.3) is 11.8 Å². The number of nitrogens with one attached hydrogen (secondary N) is 3. The zero-order chi connectivity index (χ0) is 31.0. The molecule has 232 valence electrons. The predicted octanol–water partition coefficient (Wildman–Crippen LogP) is 2.53. The Hall–Kier alpha value is -4.81. The number of nitrogens with zero attached hydrogens (tertiary/aromatic N) is 1. The van der Waals surface area contributed by atoms with E-state index in [1.54, 1.807) is 12.1 Å². The van der Waals surface area contributed by atoms with Gasteiger partial charge in [-0.2, -0.15) is 0 Å². The fraction of sp³-hybridized carbons (Fsp3) is 0.452. The molecule has 2 fully saturated rings. The van der Waals surface area contributed by atoms with Gasteiger partial charge in [-0.3, -0.25) is 24.0 Å². The lowest BCUT2D eigenvalue weighted by Crippen LogP contribution is -2.40. The predicted molar refractivity (Wildman–Crippen MR) is 157 cm³/mol. The van der Waals surface area contributed by atoms with E-state index < -0.39 is 17.9 Å². The van der Waals surface area contributed by atoms with Crippen molar-refractivity contribution in [1.29, 1.82) is 0 Å². The molecule has 0 unspecified atom stereocenters. The molecule has 4 amide bonds. The van der Waals surface area contributed by atoms with Gasteiger partial charge in [-0.1, -0.05) is 0 Å². The molecule has 1 atom stereocenters. The van der Waals surface area contributed by atoms with Crippen LogP contribution < -0.4 is 34.9 Å². The van der Waals surface area contributed by atoms with Crippen molar-refractivity contribution in [2.45, 2.75) is 44.6 Å². The molecular weight excluding hydrogens is 572 g/mol. The first-order valence-electron chi connectivity index (χ1n) is 14.6. The Kier molecular flexibility index (Phi) is 7.78. The summed E-state index contributed by atoms with van der Waals surface area (Å²) in [7, 11) is 2.92. The first-order chi connectivity index (χ1) is 21.2. The molecule has 1 spiro atoms.